The van der Waals surface area contributed by atoms with Gasteiger partial charge in [0.05, 0.1) is 35.5 Å². The van der Waals surface area contributed by atoms with E-state index in [2.05, 4.69) is 50.1 Å². The van der Waals surface area contributed by atoms with Gasteiger partial charge in [0, 0.05) is 18.5 Å². The number of benzene rings is 2. The maximum atomic E-state index is 6.45. The van der Waals surface area contributed by atoms with Gasteiger partial charge in [-0.2, -0.15) is 0 Å². The topological polar surface area (TPSA) is 75.4 Å². The van der Waals surface area contributed by atoms with Gasteiger partial charge in [0.15, 0.2) is 23.0 Å². The first-order chi connectivity index (χ1) is 16.8. The molecule has 0 aliphatic rings. The molecule has 37 heavy (non-hydrogen) atoms. The first-order valence-electron chi connectivity index (χ1n) is 12.2. The Kier molecular flexibility index (Phi) is 15.8. The molecule has 0 aliphatic heterocycles. The Morgan fingerprint density at radius 2 is 1.35 bits per heavy atom. The maximum Gasteiger partial charge on any atom is 0.203 e. The molecule has 0 heterocycles. The standard InChI is InChI=1S/C28H44N2O5.2ClH/c1-20(2)28(19-29,22-17-25(33-6)27(35-8)26(18-22)34-7)13-9-14-30(3)15-12-21-10-11-23(31-4)24(16-21)32-5;;/h10-11,16-18,20H,9,12-15,19,29H2,1-8H3;2*1H. The van der Waals surface area contributed by atoms with Crippen molar-refractivity contribution in [3.05, 3.63) is 41.5 Å². The van der Waals surface area contributed by atoms with Crippen LogP contribution in [-0.2, 0) is 11.8 Å². The van der Waals surface area contributed by atoms with E-state index in [4.69, 9.17) is 29.4 Å². The minimum Gasteiger partial charge on any atom is -0.493 e. The second-order valence-corrected chi connectivity index (χ2v) is 9.28. The van der Waals surface area contributed by atoms with E-state index in [1.165, 1.54) is 5.56 Å². The molecule has 0 amide bonds. The Hall–Kier alpha value is -2.06. The molecule has 0 spiro atoms. The fourth-order valence-corrected chi connectivity index (χ4v) is 4.72. The monoisotopic (exact) mass is 560 g/mol. The van der Waals surface area contributed by atoms with Crippen LogP contribution in [0.5, 0.6) is 28.7 Å². The summed E-state index contributed by atoms with van der Waals surface area (Å²) >= 11 is 0. The average molecular weight is 562 g/mol. The molecule has 0 saturated carbocycles. The van der Waals surface area contributed by atoms with E-state index >= 15 is 0 Å². The van der Waals surface area contributed by atoms with Gasteiger partial charge in [-0.15, -0.1) is 24.8 Å². The van der Waals surface area contributed by atoms with Gasteiger partial charge in [-0.05, 0) is 74.2 Å². The molecule has 212 valence electrons. The Labute approximate surface area is 235 Å². The third-order valence-electron chi connectivity index (χ3n) is 7.10. The highest BCUT2D eigenvalue weighted by Gasteiger charge is 2.35. The van der Waals surface area contributed by atoms with Crippen molar-refractivity contribution in [2.75, 3.05) is 62.2 Å². The quantitative estimate of drug-likeness (QED) is 0.313. The summed E-state index contributed by atoms with van der Waals surface area (Å²) in [6, 6.07) is 10.2. The minimum atomic E-state index is -0.197. The number of hydrogen-bond acceptors (Lipinski definition) is 7. The smallest absolute Gasteiger partial charge is 0.203 e. The third-order valence-corrected chi connectivity index (χ3v) is 7.10. The van der Waals surface area contributed by atoms with Crippen LogP contribution in [0.15, 0.2) is 30.3 Å². The summed E-state index contributed by atoms with van der Waals surface area (Å²) < 4.78 is 27.5. The predicted octanol–water partition coefficient (Wildman–Crippen LogP) is 5.38. The normalized spacial score (nSPS) is 12.3. The molecule has 0 fully saturated rings. The molecule has 2 aromatic rings. The van der Waals surface area contributed by atoms with Crippen molar-refractivity contribution >= 4 is 24.8 Å². The summed E-state index contributed by atoms with van der Waals surface area (Å²) in [6.07, 6.45) is 2.92. The molecular formula is C28H46Cl2N2O5. The zero-order valence-corrected chi connectivity index (χ0v) is 25.2. The molecule has 0 saturated heterocycles. The summed E-state index contributed by atoms with van der Waals surface area (Å²) in [5.41, 5.74) is 8.60. The lowest BCUT2D eigenvalue weighted by molar-refractivity contribution is 0.253. The van der Waals surface area contributed by atoms with Crippen molar-refractivity contribution in [2.24, 2.45) is 11.7 Å². The SMILES string of the molecule is COc1ccc(CCN(C)CCCC(CN)(c2cc(OC)c(OC)c(OC)c2)C(C)C)cc1OC.Cl.Cl. The van der Waals surface area contributed by atoms with Crippen LogP contribution < -0.4 is 29.4 Å². The highest BCUT2D eigenvalue weighted by atomic mass is 35.5. The Morgan fingerprint density at radius 1 is 0.784 bits per heavy atom. The van der Waals surface area contributed by atoms with E-state index in [1.54, 1.807) is 35.5 Å². The number of ether oxygens (including phenoxy) is 5. The van der Waals surface area contributed by atoms with Crippen LogP contribution in [0, 0.1) is 5.92 Å². The maximum absolute atomic E-state index is 6.45. The molecule has 0 aromatic heterocycles. The van der Waals surface area contributed by atoms with Gasteiger partial charge in [-0.3, -0.25) is 0 Å². The van der Waals surface area contributed by atoms with E-state index < -0.39 is 0 Å². The second kappa shape index (κ2) is 16.7. The summed E-state index contributed by atoms with van der Waals surface area (Å²) in [5.74, 6) is 3.78. The molecule has 0 radical (unpaired) electrons. The van der Waals surface area contributed by atoms with Crippen molar-refractivity contribution < 1.29 is 23.7 Å². The van der Waals surface area contributed by atoms with E-state index in [0.29, 0.717) is 29.7 Å². The molecule has 0 aliphatic carbocycles. The average Bonchev–Trinajstić information content (AvgIpc) is 2.88. The highest BCUT2D eigenvalue weighted by molar-refractivity contribution is 5.85. The zero-order chi connectivity index (χ0) is 26.0. The molecule has 1 atom stereocenters. The molecule has 2 aromatic carbocycles. The molecule has 1 unspecified atom stereocenters. The lowest BCUT2D eigenvalue weighted by Crippen LogP contribution is -2.41. The molecule has 2 rings (SSSR count). The van der Waals surface area contributed by atoms with Crippen LogP contribution in [0.25, 0.3) is 0 Å². The zero-order valence-electron chi connectivity index (χ0n) is 23.6. The van der Waals surface area contributed by atoms with Crippen LogP contribution in [0.3, 0.4) is 0 Å². The lowest BCUT2D eigenvalue weighted by Gasteiger charge is -2.38. The van der Waals surface area contributed by atoms with Gasteiger partial charge >= 0.3 is 0 Å². The van der Waals surface area contributed by atoms with Gasteiger partial charge in [0.1, 0.15) is 0 Å². The van der Waals surface area contributed by atoms with Crippen molar-refractivity contribution in [3.8, 4) is 28.7 Å². The number of halogens is 2. The third kappa shape index (κ3) is 8.47. The summed E-state index contributed by atoms with van der Waals surface area (Å²) in [5, 5.41) is 0. The van der Waals surface area contributed by atoms with E-state index in [-0.39, 0.29) is 30.2 Å². The second-order valence-electron chi connectivity index (χ2n) is 9.28. The minimum absolute atomic E-state index is 0. The van der Waals surface area contributed by atoms with Gasteiger partial charge < -0.3 is 34.3 Å². The van der Waals surface area contributed by atoms with Crippen LogP contribution in [0.1, 0.15) is 37.8 Å². The van der Waals surface area contributed by atoms with Gasteiger partial charge in [-0.25, -0.2) is 0 Å². The predicted molar refractivity (Wildman–Crippen MR) is 156 cm³/mol. The van der Waals surface area contributed by atoms with E-state index in [0.717, 1.165) is 49.4 Å². The van der Waals surface area contributed by atoms with Crippen LogP contribution in [0.4, 0.5) is 0 Å². The molecular weight excluding hydrogens is 515 g/mol. The highest BCUT2D eigenvalue weighted by Crippen LogP contribution is 2.45. The number of likely N-dealkylation sites (N-methyl/N-ethyl adjacent to an activating group) is 1. The Bertz CT molecular complexity index is 920. The number of methoxy groups -OCH3 is 5. The fourth-order valence-electron chi connectivity index (χ4n) is 4.72. The Balaban J connectivity index is 0.00000648. The van der Waals surface area contributed by atoms with Crippen molar-refractivity contribution in [1.82, 2.24) is 4.90 Å². The van der Waals surface area contributed by atoms with Crippen LogP contribution in [-0.4, -0.2) is 67.1 Å². The summed E-state index contributed by atoms with van der Waals surface area (Å²) in [6.45, 7) is 6.94. The largest absolute Gasteiger partial charge is 0.493 e. The van der Waals surface area contributed by atoms with Gasteiger partial charge in [0.25, 0.3) is 0 Å². The van der Waals surface area contributed by atoms with Gasteiger partial charge in [-0.1, -0.05) is 19.9 Å². The number of nitrogens with two attached hydrogens (primary N) is 1. The lowest BCUT2D eigenvalue weighted by atomic mass is 9.68. The summed E-state index contributed by atoms with van der Waals surface area (Å²) in [7, 11) is 10.4. The Morgan fingerprint density at radius 3 is 1.81 bits per heavy atom. The van der Waals surface area contributed by atoms with E-state index in [9.17, 15) is 0 Å². The number of nitrogens with zero attached hydrogens (tertiary/aromatic N) is 1. The van der Waals surface area contributed by atoms with Crippen LogP contribution in [0.2, 0.25) is 0 Å². The first-order valence-corrected chi connectivity index (χ1v) is 12.2. The van der Waals surface area contributed by atoms with Crippen molar-refractivity contribution in [1.29, 1.82) is 0 Å². The number of hydrogen-bond donors (Lipinski definition) is 1. The van der Waals surface area contributed by atoms with Gasteiger partial charge in [0.2, 0.25) is 5.75 Å². The first kappa shape index (κ1) is 34.9. The van der Waals surface area contributed by atoms with E-state index in [1.807, 2.05) is 6.07 Å². The summed E-state index contributed by atoms with van der Waals surface area (Å²) in [4.78, 5) is 2.37. The van der Waals surface area contributed by atoms with Crippen LogP contribution >= 0.6 is 24.8 Å². The molecule has 0 bridgehead atoms. The fraction of sp³-hybridized carbons (Fsp3) is 0.571. The van der Waals surface area contributed by atoms with Crippen molar-refractivity contribution in [2.45, 2.75) is 38.5 Å². The molecule has 9 heteroatoms. The van der Waals surface area contributed by atoms with Crippen molar-refractivity contribution in [3.63, 3.8) is 0 Å². The molecule has 7 nitrogen and oxygen atoms in total. The molecule has 2 N–H and O–H groups in total. The number of rotatable bonds is 15.